The molecular weight excluding hydrogens is 362 g/mol. The molecule has 0 saturated carbocycles. The van der Waals surface area contributed by atoms with Crippen LogP contribution in [-0.2, 0) is 10.0 Å². The summed E-state index contributed by atoms with van der Waals surface area (Å²) in [5.74, 6) is 0.606. The van der Waals surface area contributed by atoms with E-state index in [1.54, 1.807) is 18.2 Å². The average molecular weight is 378 g/mol. The summed E-state index contributed by atoms with van der Waals surface area (Å²) in [5.41, 5.74) is 2.25. The van der Waals surface area contributed by atoms with Gasteiger partial charge < -0.3 is 4.74 Å². The van der Waals surface area contributed by atoms with Crippen LogP contribution >= 0.6 is 20.7 Å². The van der Waals surface area contributed by atoms with E-state index < -0.39 is 10.0 Å². The van der Waals surface area contributed by atoms with Crippen molar-refractivity contribution in [3.8, 4) is 16.2 Å². The fourth-order valence-electron chi connectivity index (χ4n) is 2.06. The molecule has 0 spiro atoms. The van der Waals surface area contributed by atoms with Crippen LogP contribution < -0.4 is 9.41 Å². The first kappa shape index (κ1) is 16.9. The third-order valence-electron chi connectivity index (χ3n) is 3.37. The van der Waals surface area contributed by atoms with E-state index in [0.717, 1.165) is 10.4 Å². The van der Waals surface area contributed by atoms with Gasteiger partial charge in [0, 0.05) is 4.88 Å². The molecule has 0 aliphatic heterocycles. The fraction of sp³-hybridized carbons (Fsp3) is 0.118. The molecule has 3 rings (SSSR count). The van der Waals surface area contributed by atoms with Gasteiger partial charge in [-0.3, -0.25) is 0 Å². The average Bonchev–Trinajstić information content (AvgIpc) is 3.03. The minimum Gasteiger partial charge on any atom is -0.497 e. The smallest absolute Gasteiger partial charge is 0.283 e. The zero-order valence-corrected chi connectivity index (χ0v) is 15.5. The first-order chi connectivity index (χ1) is 11.5. The molecule has 0 aliphatic rings. The summed E-state index contributed by atoms with van der Waals surface area (Å²) in [6, 6.07) is 16.1. The van der Waals surface area contributed by atoms with Crippen molar-refractivity contribution in [2.75, 3.05) is 7.11 Å². The fourth-order valence-corrected chi connectivity index (χ4v) is 5.53. The predicted octanol–water partition coefficient (Wildman–Crippen LogP) is 4.08. The Labute approximate surface area is 148 Å². The Morgan fingerprint density at radius 3 is 2.25 bits per heavy atom. The van der Waals surface area contributed by atoms with E-state index in [4.69, 9.17) is 4.74 Å². The van der Waals surface area contributed by atoms with Crippen LogP contribution in [0.4, 0.5) is 0 Å². The highest BCUT2D eigenvalue weighted by Gasteiger charge is 2.13. The monoisotopic (exact) mass is 377 g/mol. The molecule has 3 aromatic rings. The summed E-state index contributed by atoms with van der Waals surface area (Å²) >= 11 is 0. The Bertz CT molecular complexity index is 998. The second-order valence-corrected chi connectivity index (χ2v) is 8.92. The number of benzene rings is 2. The number of hydrogen-bond donors (Lipinski definition) is 0. The summed E-state index contributed by atoms with van der Waals surface area (Å²) in [6.45, 7) is 2.03. The molecule has 2 aromatic carbocycles. The third kappa shape index (κ3) is 3.75. The van der Waals surface area contributed by atoms with Crippen molar-refractivity contribution < 1.29 is 13.2 Å². The third-order valence-corrected chi connectivity index (χ3v) is 7.09. The van der Waals surface area contributed by atoms with Gasteiger partial charge >= 0.3 is 0 Å². The van der Waals surface area contributed by atoms with Crippen molar-refractivity contribution in [2.45, 2.75) is 11.8 Å². The molecular formula is C17H15NO3S3. The van der Waals surface area contributed by atoms with Crippen LogP contribution in [0.3, 0.4) is 0 Å². The van der Waals surface area contributed by atoms with Crippen molar-refractivity contribution in [1.82, 2.24) is 0 Å². The van der Waals surface area contributed by atoms with Crippen molar-refractivity contribution in [3.63, 3.8) is 0 Å². The Morgan fingerprint density at radius 1 is 0.958 bits per heavy atom. The van der Waals surface area contributed by atoms with Crippen molar-refractivity contribution in [1.29, 1.82) is 0 Å². The van der Waals surface area contributed by atoms with Crippen LogP contribution in [0.2, 0.25) is 0 Å². The number of rotatable bonds is 4. The molecule has 124 valence electrons. The van der Waals surface area contributed by atoms with E-state index in [1.165, 1.54) is 45.5 Å². The van der Waals surface area contributed by atoms with Gasteiger partial charge in [0.25, 0.3) is 10.0 Å². The molecule has 0 N–H and O–H groups in total. The van der Waals surface area contributed by atoms with Gasteiger partial charge in [-0.1, -0.05) is 50.5 Å². The highest BCUT2D eigenvalue weighted by atomic mass is 32.9. The van der Waals surface area contributed by atoms with Gasteiger partial charge in [0.05, 0.1) is 12.0 Å². The normalized spacial score (nSPS) is 12.3. The molecule has 1 heterocycles. The molecule has 7 heteroatoms. The lowest BCUT2D eigenvalue weighted by Gasteiger charge is -2.00. The Balaban J connectivity index is 1.94. The first-order valence-electron chi connectivity index (χ1n) is 7.10. The minimum atomic E-state index is -3.73. The van der Waals surface area contributed by atoms with Crippen LogP contribution in [-0.4, -0.2) is 15.5 Å². The Morgan fingerprint density at radius 2 is 1.62 bits per heavy atom. The van der Waals surface area contributed by atoms with E-state index in [-0.39, 0.29) is 4.90 Å². The highest BCUT2D eigenvalue weighted by molar-refractivity contribution is 7.90. The van der Waals surface area contributed by atoms with Gasteiger partial charge in [-0.2, -0.15) is 8.42 Å². The van der Waals surface area contributed by atoms with Crippen molar-refractivity contribution >= 4 is 30.7 Å². The zero-order valence-electron chi connectivity index (χ0n) is 13.1. The molecule has 0 radical (unpaired) electrons. The maximum atomic E-state index is 12.4. The largest absolute Gasteiger partial charge is 0.497 e. The van der Waals surface area contributed by atoms with Crippen molar-refractivity contribution in [3.05, 3.63) is 64.8 Å². The van der Waals surface area contributed by atoms with E-state index >= 15 is 0 Å². The zero-order chi connectivity index (χ0) is 17.2. The number of aryl methyl sites for hydroxylation is 1. The summed E-state index contributed by atoms with van der Waals surface area (Å²) < 4.78 is 34.2. The van der Waals surface area contributed by atoms with E-state index in [2.05, 4.69) is 4.40 Å². The standard InChI is InChI=1S/C17H15NO3S3/c1-12-3-5-13(6-4-12)16-11-17(23-22-16)18-24(19,20)15-9-7-14(21-2)8-10-15/h3-11H,1-2H3. The molecule has 0 saturated heterocycles. The quantitative estimate of drug-likeness (QED) is 0.644. The lowest BCUT2D eigenvalue weighted by Crippen LogP contribution is -2.03. The number of nitrogens with zero attached hydrogens (tertiary/aromatic N) is 1. The van der Waals surface area contributed by atoms with Crippen LogP contribution in [0.25, 0.3) is 10.4 Å². The Hall–Kier alpha value is -1.96. The summed E-state index contributed by atoms with van der Waals surface area (Å²) in [5, 5.41) is 0. The summed E-state index contributed by atoms with van der Waals surface area (Å²) in [7, 11) is 0.671. The molecule has 0 unspecified atom stereocenters. The number of sulfonamides is 1. The van der Waals surface area contributed by atoms with Crippen LogP contribution in [0.5, 0.6) is 5.75 Å². The van der Waals surface area contributed by atoms with Gasteiger partial charge in [-0.05, 0) is 42.8 Å². The minimum absolute atomic E-state index is 0.151. The molecule has 0 atom stereocenters. The van der Waals surface area contributed by atoms with E-state index in [1.807, 2.05) is 31.2 Å². The maximum absolute atomic E-state index is 12.4. The van der Waals surface area contributed by atoms with E-state index in [9.17, 15) is 8.42 Å². The van der Waals surface area contributed by atoms with Crippen LogP contribution in [0.1, 0.15) is 5.56 Å². The number of hydrogen-bond acceptors (Lipinski definition) is 5. The van der Waals surface area contributed by atoms with Gasteiger partial charge in [0.15, 0.2) is 0 Å². The van der Waals surface area contributed by atoms with Gasteiger partial charge in [0.1, 0.15) is 10.4 Å². The van der Waals surface area contributed by atoms with Gasteiger partial charge in [-0.25, -0.2) is 0 Å². The molecule has 0 amide bonds. The molecule has 0 fully saturated rings. The second-order valence-electron chi connectivity index (χ2n) is 5.12. The van der Waals surface area contributed by atoms with Gasteiger partial charge in [0.2, 0.25) is 0 Å². The molecule has 24 heavy (non-hydrogen) atoms. The van der Waals surface area contributed by atoms with Gasteiger partial charge in [-0.15, -0.1) is 4.40 Å². The second kappa shape index (κ2) is 6.88. The summed E-state index contributed by atoms with van der Waals surface area (Å²) in [4.78, 5) is 1.15. The molecule has 1 aromatic heterocycles. The SMILES string of the molecule is COc1ccc(S(=O)(=O)N=c2cc(-c3ccc(C)cc3)ss2)cc1. The van der Waals surface area contributed by atoms with Crippen LogP contribution in [0.15, 0.2) is 63.9 Å². The van der Waals surface area contributed by atoms with Crippen molar-refractivity contribution in [2.24, 2.45) is 4.40 Å². The van der Waals surface area contributed by atoms with Crippen LogP contribution in [0, 0.1) is 6.92 Å². The maximum Gasteiger partial charge on any atom is 0.283 e. The summed E-state index contributed by atoms with van der Waals surface area (Å²) in [6.07, 6.45) is 0. The molecule has 0 bridgehead atoms. The predicted molar refractivity (Wildman–Crippen MR) is 98.1 cm³/mol. The number of ether oxygens (including phenoxy) is 1. The highest BCUT2D eigenvalue weighted by Crippen LogP contribution is 2.26. The lowest BCUT2D eigenvalue weighted by molar-refractivity contribution is 0.414. The molecule has 0 aliphatic carbocycles. The van der Waals surface area contributed by atoms with E-state index in [0.29, 0.717) is 10.4 Å². The first-order valence-corrected chi connectivity index (χ1v) is 10.7. The lowest BCUT2D eigenvalue weighted by atomic mass is 10.1. The Kier molecular flexibility index (Phi) is 4.84. The topological polar surface area (TPSA) is 55.7 Å². The number of methoxy groups -OCH3 is 1. The molecule has 4 nitrogen and oxygen atoms in total.